The van der Waals surface area contributed by atoms with Gasteiger partial charge in [0.15, 0.2) is 17.3 Å². The summed E-state index contributed by atoms with van der Waals surface area (Å²) in [4.78, 5) is 22.8. The number of phenols is 2. The van der Waals surface area contributed by atoms with Crippen molar-refractivity contribution in [1.29, 1.82) is 0 Å². The van der Waals surface area contributed by atoms with Crippen LogP contribution < -0.4 is 10.1 Å². The maximum atomic E-state index is 13.2. The summed E-state index contributed by atoms with van der Waals surface area (Å²) in [5.74, 6) is 1.32. The SMILES string of the molecule is COc1ccc2c(c1)C(c1ccc(Cl)cc1)=N[C@@H](CC(=O)NCCc1ccc3c(O)c(O)ccc3n1)c1nnc(C)n1-2. The fourth-order valence-corrected chi connectivity index (χ4v) is 5.24. The van der Waals surface area contributed by atoms with E-state index >= 15 is 0 Å². The molecule has 0 saturated heterocycles. The molecule has 1 aliphatic rings. The van der Waals surface area contributed by atoms with Crippen LogP contribution in [-0.4, -0.2) is 55.2 Å². The molecule has 6 rings (SSSR count). The summed E-state index contributed by atoms with van der Waals surface area (Å²) in [6.07, 6.45) is 0.534. The molecule has 42 heavy (non-hydrogen) atoms. The van der Waals surface area contributed by atoms with E-state index in [0.717, 1.165) is 22.5 Å². The number of hydrogen-bond acceptors (Lipinski definition) is 8. The molecule has 0 radical (unpaired) electrons. The maximum Gasteiger partial charge on any atom is 0.222 e. The van der Waals surface area contributed by atoms with Crippen LogP contribution in [0.4, 0.5) is 0 Å². The number of fused-ring (bicyclic) bond motifs is 4. The van der Waals surface area contributed by atoms with Gasteiger partial charge in [0.25, 0.3) is 0 Å². The minimum Gasteiger partial charge on any atom is -0.504 e. The molecule has 3 aromatic carbocycles. The fourth-order valence-electron chi connectivity index (χ4n) is 5.11. The molecule has 0 bridgehead atoms. The van der Waals surface area contributed by atoms with Gasteiger partial charge in [0, 0.05) is 40.2 Å². The number of ether oxygens (including phenoxy) is 1. The normalized spacial score (nSPS) is 14.1. The van der Waals surface area contributed by atoms with Gasteiger partial charge in [0.05, 0.1) is 30.4 Å². The Hall–Kier alpha value is -4.96. The van der Waals surface area contributed by atoms with Crippen LogP contribution in [0, 0.1) is 6.92 Å². The van der Waals surface area contributed by atoms with Crippen LogP contribution in [0.15, 0.2) is 71.7 Å². The van der Waals surface area contributed by atoms with E-state index in [2.05, 4.69) is 20.5 Å². The van der Waals surface area contributed by atoms with Crippen molar-refractivity contribution < 1.29 is 19.7 Å². The molecule has 3 heterocycles. The van der Waals surface area contributed by atoms with E-state index in [1.807, 2.05) is 54.0 Å². The molecular weight excluding hydrogens is 556 g/mol. The van der Waals surface area contributed by atoms with Crippen molar-refractivity contribution in [3.63, 3.8) is 0 Å². The number of methoxy groups -OCH3 is 1. The number of rotatable bonds is 7. The number of nitrogens with one attached hydrogen (secondary N) is 1. The zero-order chi connectivity index (χ0) is 29.4. The average molecular weight is 583 g/mol. The molecule has 0 saturated carbocycles. The van der Waals surface area contributed by atoms with E-state index in [4.69, 9.17) is 21.3 Å². The Morgan fingerprint density at radius 3 is 2.64 bits per heavy atom. The van der Waals surface area contributed by atoms with Crippen LogP contribution in [0.3, 0.4) is 0 Å². The Bertz CT molecular complexity index is 1850. The summed E-state index contributed by atoms with van der Waals surface area (Å²) in [6.45, 7) is 2.22. The van der Waals surface area contributed by atoms with E-state index in [1.54, 1.807) is 25.3 Å². The highest BCUT2D eigenvalue weighted by Gasteiger charge is 2.30. The topological polar surface area (TPSA) is 135 Å². The monoisotopic (exact) mass is 582 g/mol. The molecule has 212 valence electrons. The first-order chi connectivity index (χ1) is 20.3. The van der Waals surface area contributed by atoms with Crippen molar-refractivity contribution in [2.24, 2.45) is 4.99 Å². The van der Waals surface area contributed by atoms with Crippen molar-refractivity contribution >= 4 is 34.1 Å². The predicted octanol–water partition coefficient (Wildman–Crippen LogP) is 4.84. The van der Waals surface area contributed by atoms with Gasteiger partial charge in [-0.25, -0.2) is 0 Å². The minimum absolute atomic E-state index is 0.0542. The quantitative estimate of drug-likeness (QED) is 0.234. The third kappa shape index (κ3) is 5.12. The molecule has 10 nitrogen and oxygen atoms in total. The van der Waals surface area contributed by atoms with E-state index in [0.29, 0.717) is 52.0 Å². The Morgan fingerprint density at radius 1 is 1.05 bits per heavy atom. The first-order valence-corrected chi connectivity index (χ1v) is 13.7. The van der Waals surface area contributed by atoms with Gasteiger partial charge >= 0.3 is 0 Å². The van der Waals surface area contributed by atoms with Crippen molar-refractivity contribution in [2.75, 3.05) is 13.7 Å². The molecule has 5 aromatic rings. The van der Waals surface area contributed by atoms with Gasteiger partial charge in [-0.05, 0) is 61.5 Å². The Morgan fingerprint density at radius 2 is 1.86 bits per heavy atom. The largest absolute Gasteiger partial charge is 0.504 e. The maximum absolute atomic E-state index is 13.2. The minimum atomic E-state index is -0.607. The van der Waals surface area contributed by atoms with Crippen LogP contribution in [0.5, 0.6) is 17.2 Å². The number of benzene rings is 3. The molecule has 0 unspecified atom stereocenters. The Balaban J connectivity index is 1.27. The second-order valence-electron chi connectivity index (χ2n) is 9.93. The van der Waals surface area contributed by atoms with Gasteiger partial charge in [-0.3, -0.25) is 19.3 Å². The fraction of sp³-hybridized carbons (Fsp3) is 0.194. The second kappa shape index (κ2) is 11.1. The van der Waals surface area contributed by atoms with E-state index in [-0.39, 0.29) is 23.8 Å². The van der Waals surface area contributed by atoms with E-state index < -0.39 is 6.04 Å². The zero-order valence-corrected chi connectivity index (χ0v) is 23.6. The molecule has 2 aromatic heterocycles. The molecule has 0 fully saturated rings. The van der Waals surface area contributed by atoms with Gasteiger partial charge in [-0.2, -0.15) is 0 Å². The third-order valence-electron chi connectivity index (χ3n) is 7.21. The number of phenolic OH excluding ortho intramolecular Hbond substituents is 2. The lowest BCUT2D eigenvalue weighted by Crippen LogP contribution is -2.27. The first-order valence-electron chi connectivity index (χ1n) is 13.3. The standard InChI is InChI=1S/C31H27ClN6O4/c1-17-36-37-31-25(16-28(40)33-14-13-20-7-9-22-24(34-20)10-12-27(39)30(22)41)35-29(18-3-5-19(32)6-4-18)23-15-21(42-2)8-11-26(23)38(17)31/h3-12,15,25,39,41H,13-14,16H2,1-2H3,(H,33,40)/t25-/m0/s1. The molecule has 3 N–H and O–H groups in total. The van der Waals surface area contributed by atoms with Gasteiger partial charge < -0.3 is 20.3 Å². The molecule has 1 atom stereocenters. The van der Waals surface area contributed by atoms with E-state index in [1.165, 1.54) is 6.07 Å². The van der Waals surface area contributed by atoms with Gasteiger partial charge in [0.1, 0.15) is 17.6 Å². The lowest BCUT2D eigenvalue weighted by atomic mass is 10.00. The van der Waals surface area contributed by atoms with Crippen LogP contribution in [-0.2, 0) is 11.2 Å². The highest BCUT2D eigenvalue weighted by Crippen LogP contribution is 2.35. The molecule has 11 heteroatoms. The molecule has 1 aliphatic heterocycles. The van der Waals surface area contributed by atoms with E-state index in [9.17, 15) is 15.0 Å². The van der Waals surface area contributed by atoms with Crippen molar-refractivity contribution in [3.05, 3.63) is 100 Å². The summed E-state index contributed by atoms with van der Waals surface area (Å²) in [7, 11) is 1.61. The number of pyridine rings is 1. The first kappa shape index (κ1) is 27.2. The predicted molar refractivity (Wildman–Crippen MR) is 159 cm³/mol. The van der Waals surface area contributed by atoms with Crippen LogP contribution in [0.1, 0.15) is 40.9 Å². The Kier molecular flexibility index (Phi) is 7.22. The summed E-state index contributed by atoms with van der Waals surface area (Å²) in [6, 6.07) is 19.1. The molecule has 0 aliphatic carbocycles. The average Bonchev–Trinajstić information content (AvgIpc) is 3.32. The third-order valence-corrected chi connectivity index (χ3v) is 7.46. The summed E-state index contributed by atoms with van der Waals surface area (Å²) in [5.41, 5.74) is 4.50. The smallest absolute Gasteiger partial charge is 0.222 e. The lowest BCUT2D eigenvalue weighted by Gasteiger charge is -2.14. The zero-order valence-electron chi connectivity index (χ0n) is 22.9. The number of aliphatic imine (C=N–C) groups is 1. The van der Waals surface area contributed by atoms with Crippen molar-refractivity contribution in [1.82, 2.24) is 25.1 Å². The van der Waals surface area contributed by atoms with Crippen LogP contribution in [0.2, 0.25) is 5.02 Å². The van der Waals surface area contributed by atoms with Gasteiger partial charge in [-0.1, -0.05) is 23.7 Å². The highest BCUT2D eigenvalue weighted by molar-refractivity contribution is 6.30. The Labute approximate surface area is 246 Å². The molecular formula is C31H27ClN6O4. The molecule has 1 amide bonds. The summed E-state index contributed by atoms with van der Waals surface area (Å²) < 4.78 is 7.46. The number of aryl methyl sites for hydroxylation is 1. The number of nitrogens with zero attached hydrogens (tertiary/aromatic N) is 5. The number of carbonyl (C=O) groups excluding carboxylic acids is 1. The number of halogens is 1. The highest BCUT2D eigenvalue weighted by atomic mass is 35.5. The van der Waals surface area contributed by atoms with Crippen LogP contribution >= 0.6 is 11.6 Å². The number of hydrogen-bond donors (Lipinski definition) is 3. The van der Waals surface area contributed by atoms with Gasteiger partial charge in [0.2, 0.25) is 5.91 Å². The lowest BCUT2D eigenvalue weighted by molar-refractivity contribution is -0.121. The number of carbonyl (C=O) groups is 1. The number of aromatic hydroxyl groups is 2. The summed E-state index contributed by atoms with van der Waals surface area (Å²) in [5, 5.41) is 32.5. The second-order valence-corrected chi connectivity index (χ2v) is 10.4. The number of aromatic nitrogens is 4. The number of amides is 1. The summed E-state index contributed by atoms with van der Waals surface area (Å²) >= 11 is 6.18. The van der Waals surface area contributed by atoms with Gasteiger partial charge in [-0.15, -0.1) is 10.2 Å². The van der Waals surface area contributed by atoms with Crippen molar-refractivity contribution in [2.45, 2.75) is 25.8 Å². The van der Waals surface area contributed by atoms with Crippen LogP contribution in [0.25, 0.3) is 16.6 Å². The van der Waals surface area contributed by atoms with Crippen molar-refractivity contribution in [3.8, 4) is 22.9 Å². The molecule has 0 spiro atoms.